The Bertz CT molecular complexity index is 776. The second kappa shape index (κ2) is 5.52. The Labute approximate surface area is 124 Å². The molecule has 0 saturated heterocycles. The summed E-state index contributed by atoms with van der Waals surface area (Å²) in [6, 6.07) is 14.1. The van der Waals surface area contributed by atoms with Gasteiger partial charge in [0.1, 0.15) is 12.4 Å². The van der Waals surface area contributed by atoms with Crippen LogP contribution >= 0.6 is 0 Å². The van der Waals surface area contributed by atoms with Gasteiger partial charge in [0, 0.05) is 0 Å². The zero-order chi connectivity index (χ0) is 14.8. The molecule has 0 bridgehead atoms. The fourth-order valence-electron chi connectivity index (χ4n) is 2.43. The predicted octanol–water partition coefficient (Wildman–Crippen LogP) is 4.13. The Balaban J connectivity index is 1.86. The van der Waals surface area contributed by atoms with Crippen molar-refractivity contribution in [2.24, 2.45) is 0 Å². The van der Waals surface area contributed by atoms with Crippen LogP contribution in [0.2, 0.25) is 0 Å². The second-order valence-electron chi connectivity index (χ2n) is 5.36. The van der Waals surface area contributed by atoms with Gasteiger partial charge in [0.25, 0.3) is 0 Å². The molecule has 3 aromatic rings. The minimum Gasteiger partial charge on any atom is -0.487 e. The molecule has 0 aliphatic carbocycles. The molecular formula is C18H18N2O. The van der Waals surface area contributed by atoms with Gasteiger partial charge >= 0.3 is 0 Å². The maximum absolute atomic E-state index is 5.88. The molecule has 0 spiro atoms. The molecule has 0 fully saturated rings. The van der Waals surface area contributed by atoms with E-state index in [1.165, 1.54) is 11.1 Å². The van der Waals surface area contributed by atoms with Gasteiger partial charge in [-0.15, -0.1) is 0 Å². The minimum absolute atomic E-state index is 0.437. The van der Waals surface area contributed by atoms with E-state index in [-0.39, 0.29) is 0 Å². The quantitative estimate of drug-likeness (QED) is 0.722. The van der Waals surface area contributed by atoms with Crippen molar-refractivity contribution in [2.45, 2.75) is 27.4 Å². The molecule has 0 atom stereocenters. The molecule has 3 heteroatoms. The zero-order valence-electron chi connectivity index (χ0n) is 12.6. The molecule has 0 aliphatic heterocycles. The van der Waals surface area contributed by atoms with E-state index < -0.39 is 0 Å². The summed E-state index contributed by atoms with van der Waals surface area (Å²) in [5.41, 5.74) is 6.02. The lowest BCUT2D eigenvalue weighted by Gasteiger charge is -2.10. The zero-order valence-corrected chi connectivity index (χ0v) is 12.6. The topological polar surface area (TPSA) is 35.0 Å². The molecule has 21 heavy (non-hydrogen) atoms. The first-order valence-corrected chi connectivity index (χ1v) is 7.05. The molecule has 1 aromatic heterocycles. The number of nitrogens with zero attached hydrogens (tertiary/aromatic N) is 2. The van der Waals surface area contributed by atoms with Gasteiger partial charge in [0.05, 0.1) is 22.4 Å². The van der Waals surface area contributed by atoms with Gasteiger partial charge in [-0.05, 0) is 56.2 Å². The van der Waals surface area contributed by atoms with Gasteiger partial charge in [0.2, 0.25) is 0 Å². The number of rotatable bonds is 3. The van der Waals surface area contributed by atoms with Crippen LogP contribution in [-0.2, 0) is 6.61 Å². The van der Waals surface area contributed by atoms with E-state index in [1.54, 1.807) is 0 Å². The smallest absolute Gasteiger partial charge is 0.132 e. The van der Waals surface area contributed by atoms with Gasteiger partial charge in [-0.3, -0.25) is 0 Å². The first-order chi connectivity index (χ1) is 10.1. The first-order valence-electron chi connectivity index (χ1n) is 7.05. The van der Waals surface area contributed by atoms with Crippen LogP contribution in [-0.4, -0.2) is 9.97 Å². The fraction of sp³-hybridized carbons (Fsp3) is 0.222. The van der Waals surface area contributed by atoms with Crippen molar-refractivity contribution in [3.63, 3.8) is 0 Å². The van der Waals surface area contributed by atoms with Crippen LogP contribution in [0.1, 0.15) is 22.5 Å². The van der Waals surface area contributed by atoms with Gasteiger partial charge < -0.3 is 4.74 Å². The fourth-order valence-corrected chi connectivity index (χ4v) is 2.43. The highest BCUT2D eigenvalue weighted by atomic mass is 16.5. The largest absolute Gasteiger partial charge is 0.487 e. The number of para-hydroxylation sites is 2. The normalized spacial score (nSPS) is 10.8. The van der Waals surface area contributed by atoms with E-state index >= 15 is 0 Å². The summed E-state index contributed by atoms with van der Waals surface area (Å²) in [4.78, 5) is 9.23. The summed E-state index contributed by atoms with van der Waals surface area (Å²) >= 11 is 0. The van der Waals surface area contributed by atoms with Crippen molar-refractivity contribution < 1.29 is 4.74 Å². The Morgan fingerprint density at radius 3 is 2.14 bits per heavy atom. The maximum atomic E-state index is 5.88. The van der Waals surface area contributed by atoms with Crippen molar-refractivity contribution in [3.8, 4) is 5.75 Å². The van der Waals surface area contributed by atoms with Crippen LogP contribution in [0.25, 0.3) is 11.0 Å². The summed E-state index contributed by atoms with van der Waals surface area (Å²) in [5, 5.41) is 0. The van der Waals surface area contributed by atoms with Crippen LogP contribution < -0.4 is 4.74 Å². The van der Waals surface area contributed by atoms with E-state index in [2.05, 4.69) is 29.9 Å². The summed E-state index contributed by atoms with van der Waals surface area (Å²) in [5.74, 6) is 0.877. The van der Waals surface area contributed by atoms with Crippen LogP contribution in [0, 0.1) is 20.8 Å². The SMILES string of the molecule is Cc1cc(C)cc(OCc2nc3ccccc3nc2C)c1. The van der Waals surface area contributed by atoms with Crippen LogP contribution in [0.15, 0.2) is 42.5 Å². The van der Waals surface area contributed by atoms with E-state index in [4.69, 9.17) is 4.74 Å². The number of aromatic nitrogens is 2. The maximum Gasteiger partial charge on any atom is 0.132 e. The van der Waals surface area contributed by atoms with Crippen molar-refractivity contribution in [3.05, 3.63) is 65.0 Å². The van der Waals surface area contributed by atoms with Crippen LogP contribution in [0.3, 0.4) is 0 Å². The second-order valence-corrected chi connectivity index (χ2v) is 5.36. The number of hydrogen-bond acceptors (Lipinski definition) is 3. The minimum atomic E-state index is 0.437. The Kier molecular flexibility index (Phi) is 3.57. The van der Waals surface area contributed by atoms with Crippen molar-refractivity contribution >= 4 is 11.0 Å². The van der Waals surface area contributed by atoms with Crippen molar-refractivity contribution in [2.75, 3.05) is 0 Å². The van der Waals surface area contributed by atoms with E-state index in [9.17, 15) is 0 Å². The van der Waals surface area contributed by atoms with Gasteiger partial charge in [0.15, 0.2) is 0 Å². The monoisotopic (exact) mass is 278 g/mol. The first kappa shape index (κ1) is 13.6. The average Bonchev–Trinajstić information content (AvgIpc) is 2.44. The van der Waals surface area contributed by atoms with Crippen molar-refractivity contribution in [1.82, 2.24) is 9.97 Å². The highest BCUT2D eigenvalue weighted by Crippen LogP contribution is 2.19. The number of aryl methyl sites for hydroxylation is 3. The van der Waals surface area contributed by atoms with Crippen LogP contribution in [0.5, 0.6) is 5.75 Å². The van der Waals surface area contributed by atoms with Crippen LogP contribution in [0.4, 0.5) is 0 Å². The highest BCUT2D eigenvalue weighted by molar-refractivity contribution is 5.74. The Hall–Kier alpha value is -2.42. The molecule has 1 heterocycles. The van der Waals surface area contributed by atoms with Crippen molar-refractivity contribution in [1.29, 1.82) is 0 Å². The molecule has 0 unspecified atom stereocenters. The molecule has 0 radical (unpaired) electrons. The molecular weight excluding hydrogens is 260 g/mol. The molecule has 0 amide bonds. The number of benzene rings is 2. The molecule has 0 aliphatic rings. The van der Waals surface area contributed by atoms with E-state index in [1.807, 2.05) is 43.3 Å². The molecule has 3 rings (SSSR count). The molecule has 0 saturated carbocycles. The molecule has 0 N–H and O–H groups in total. The number of hydrogen-bond donors (Lipinski definition) is 0. The lowest BCUT2D eigenvalue weighted by Crippen LogP contribution is -2.03. The number of ether oxygens (including phenoxy) is 1. The lowest BCUT2D eigenvalue weighted by atomic mass is 10.1. The average molecular weight is 278 g/mol. The summed E-state index contributed by atoms with van der Waals surface area (Å²) in [6.45, 7) is 6.55. The summed E-state index contributed by atoms with van der Waals surface area (Å²) in [6.07, 6.45) is 0. The lowest BCUT2D eigenvalue weighted by molar-refractivity contribution is 0.300. The predicted molar refractivity (Wildman–Crippen MR) is 84.5 cm³/mol. The third kappa shape index (κ3) is 3.02. The summed E-state index contributed by atoms with van der Waals surface area (Å²) in [7, 11) is 0. The summed E-state index contributed by atoms with van der Waals surface area (Å²) < 4.78 is 5.88. The standard InChI is InChI=1S/C18H18N2O/c1-12-8-13(2)10-15(9-12)21-11-18-14(3)19-16-6-4-5-7-17(16)20-18/h4-10H,11H2,1-3H3. The molecule has 106 valence electrons. The Morgan fingerprint density at radius 1 is 0.857 bits per heavy atom. The van der Waals surface area contributed by atoms with Gasteiger partial charge in [-0.2, -0.15) is 0 Å². The molecule has 3 nitrogen and oxygen atoms in total. The third-order valence-corrected chi connectivity index (χ3v) is 3.41. The van der Waals surface area contributed by atoms with E-state index in [0.29, 0.717) is 6.61 Å². The van der Waals surface area contributed by atoms with E-state index in [0.717, 1.165) is 28.2 Å². The Morgan fingerprint density at radius 2 is 1.48 bits per heavy atom. The van der Waals surface area contributed by atoms with Gasteiger partial charge in [-0.25, -0.2) is 9.97 Å². The number of fused-ring (bicyclic) bond motifs is 1. The third-order valence-electron chi connectivity index (χ3n) is 3.41. The highest BCUT2D eigenvalue weighted by Gasteiger charge is 2.06. The molecule has 2 aromatic carbocycles. The van der Waals surface area contributed by atoms with Gasteiger partial charge in [-0.1, -0.05) is 18.2 Å².